The van der Waals surface area contributed by atoms with E-state index in [1.54, 1.807) is 7.11 Å². The van der Waals surface area contributed by atoms with E-state index >= 15 is 0 Å². The summed E-state index contributed by atoms with van der Waals surface area (Å²) in [6.45, 7) is 0. The molecule has 3 nitrogen and oxygen atoms in total. The third-order valence-corrected chi connectivity index (χ3v) is 5.45. The Hall–Kier alpha value is -3.98. The van der Waals surface area contributed by atoms with E-state index in [2.05, 4.69) is 77.4 Å². The predicted molar refractivity (Wildman–Crippen MR) is 125 cm³/mol. The van der Waals surface area contributed by atoms with Crippen LogP contribution in [0.5, 0.6) is 5.75 Å². The number of nitrogens with two attached hydrogens (primary N) is 1. The van der Waals surface area contributed by atoms with Crippen LogP contribution >= 0.6 is 0 Å². The second kappa shape index (κ2) is 7.45. The number of hydrogen-bond donors (Lipinski definition) is 1. The van der Waals surface area contributed by atoms with Crippen molar-refractivity contribution in [1.82, 2.24) is 4.57 Å². The number of aromatic nitrogens is 1. The third-order valence-electron chi connectivity index (χ3n) is 5.45. The summed E-state index contributed by atoms with van der Waals surface area (Å²) in [7, 11) is 1.66. The van der Waals surface area contributed by atoms with Crippen molar-refractivity contribution < 1.29 is 4.74 Å². The smallest absolute Gasteiger partial charge is 0.121 e. The number of hydrogen-bond acceptors (Lipinski definition) is 2. The van der Waals surface area contributed by atoms with Crippen molar-refractivity contribution >= 4 is 16.5 Å². The Bertz CT molecular complexity index is 1250. The Kier molecular flexibility index (Phi) is 4.49. The standard InChI is InChI=1S/C27H22N2O/c1-30-21-16-17-25(24(28)18-21)29-26(19-10-4-2-5-11-19)22-14-8-9-15-23(22)27(29)20-12-6-3-7-13-20/h2-18H,28H2,1H3. The molecule has 0 saturated carbocycles. The molecule has 0 unspecified atom stereocenters. The van der Waals surface area contributed by atoms with Crippen molar-refractivity contribution in [3.05, 3.63) is 103 Å². The molecule has 2 N–H and O–H groups in total. The molecule has 0 atom stereocenters. The van der Waals surface area contributed by atoms with Crippen LogP contribution in [0.3, 0.4) is 0 Å². The minimum atomic E-state index is 0.670. The monoisotopic (exact) mass is 390 g/mol. The van der Waals surface area contributed by atoms with Gasteiger partial charge in [-0.3, -0.25) is 0 Å². The molecule has 0 bridgehead atoms. The van der Waals surface area contributed by atoms with E-state index in [4.69, 9.17) is 10.5 Å². The molecule has 3 heteroatoms. The van der Waals surface area contributed by atoms with Gasteiger partial charge in [0.15, 0.2) is 0 Å². The first-order valence-electron chi connectivity index (χ1n) is 9.96. The Morgan fingerprint density at radius 1 is 0.633 bits per heavy atom. The Balaban J connectivity index is 1.95. The van der Waals surface area contributed by atoms with Crippen molar-refractivity contribution in [3.8, 4) is 34.0 Å². The summed E-state index contributed by atoms with van der Waals surface area (Å²) in [6.07, 6.45) is 0. The summed E-state index contributed by atoms with van der Waals surface area (Å²) in [5.74, 6) is 0.746. The molecule has 1 aromatic heterocycles. The fourth-order valence-corrected chi connectivity index (χ4v) is 4.11. The van der Waals surface area contributed by atoms with Crippen LogP contribution in [0.15, 0.2) is 103 Å². The van der Waals surface area contributed by atoms with Crippen LogP contribution in [-0.4, -0.2) is 11.7 Å². The molecule has 5 rings (SSSR count). The van der Waals surface area contributed by atoms with Gasteiger partial charge in [-0.25, -0.2) is 0 Å². The summed E-state index contributed by atoms with van der Waals surface area (Å²) >= 11 is 0. The number of ether oxygens (including phenoxy) is 1. The molecule has 0 amide bonds. The van der Waals surface area contributed by atoms with E-state index in [-0.39, 0.29) is 0 Å². The minimum absolute atomic E-state index is 0.670. The highest BCUT2D eigenvalue weighted by molar-refractivity contribution is 6.06. The summed E-state index contributed by atoms with van der Waals surface area (Å²) in [6, 6.07) is 35.4. The zero-order chi connectivity index (χ0) is 20.5. The Labute approximate surface area is 176 Å². The van der Waals surface area contributed by atoms with Crippen LogP contribution in [0.1, 0.15) is 0 Å². The van der Waals surface area contributed by atoms with Crippen LogP contribution in [0.25, 0.3) is 39.0 Å². The lowest BCUT2D eigenvalue weighted by Gasteiger charge is -2.17. The highest BCUT2D eigenvalue weighted by Gasteiger charge is 2.21. The molecular formula is C27H22N2O. The number of fused-ring (bicyclic) bond motifs is 1. The second-order valence-corrected chi connectivity index (χ2v) is 7.24. The molecule has 0 aliphatic carbocycles. The fraction of sp³-hybridized carbons (Fsp3) is 0.0370. The number of nitrogen functional groups attached to an aromatic ring is 1. The van der Waals surface area contributed by atoms with Crippen molar-refractivity contribution in [2.45, 2.75) is 0 Å². The van der Waals surface area contributed by atoms with E-state index < -0.39 is 0 Å². The van der Waals surface area contributed by atoms with Gasteiger partial charge in [0.25, 0.3) is 0 Å². The van der Waals surface area contributed by atoms with Crippen LogP contribution in [0, 0.1) is 0 Å². The number of methoxy groups -OCH3 is 1. The van der Waals surface area contributed by atoms with Gasteiger partial charge < -0.3 is 15.0 Å². The molecule has 0 fully saturated rings. The van der Waals surface area contributed by atoms with Crippen molar-refractivity contribution in [3.63, 3.8) is 0 Å². The van der Waals surface area contributed by atoms with E-state index in [9.17, 15) is 0 Å². The molecule has 0 spiro atoms. The lowest BCUT2D eigenvalue weighted by molar-refractivity contribution is 0.415. The first kappa shape index (κ1) is 18.1. The van der Waals surface area contributed by atoms with E-state index in [1.165, 1.54) is 10.8 Å². The van der Waals surface area contributed by atoms with Crippen molar-refractivity contribution in [1.29, 1.82) is 0 Å². The normalized spacial score (nSPS) is 11.0. The summed E-state index contributed by atoms with van der Waals surface area (Å²) in [5, 5.41) is 2.38. The first-order valence-corrected chi connectivity index (χ1v) is 9.96. The molecule has 1 heterocycles. The largest absolute Gasteiger partial charge is 0.497 e. The maximum Gasteiger partial charge on any atom is 0.121 e. The van der Waals surface area contributed by atoms with Gasteiger partial charge in [-0.15, -0.1) is 0 Å². The van der Waals surface area contributed by atoms with E-state index in [0.29, 0.717) is 5.69 Å². The first-order chi connectivity index (χ1) is 14.8. The summed E-state index contributed by atoms with van der Waals surface area (Å²) < 4.78 is 7.67. The van der Waals surface area contributed by atoms with Gasteiger partial charge in [0.05, 0.1) is 29.9 Å². The summed E-state index contributed by atoms with van der Waals surface area (Å²) in [5.41, 5.74) is 12.7. The van der Waals surface area contributed by atoms with Gasteiger partial charge in [0.2, 0.25) is 0 Å². The molecule has 30 heavy (non-hydrogen) atoms. The van der Waals surface area contributed by atoms with Gasteiger partial charge in [0.1, 0.15) is 5.75 Å². The maximum absolute atomic E-state index is 6.54. The van der Waals surface area contributed by atoms with Crippen LogP contribution in [-0.2, 0) is 0 Å². The zero-order valence-corrected chi connectivity index (χ0v) is 16.7. The second-order valence-electron chi connectivity index (χ2n) is 7.24. The van der Waals surface area contributed by atoms with Gasteiger partial charge in [0, 0.05) is 16.8 Å². The topological polar surface area (TPSA) is 40.2 Å². The molecule has 0 radical (unpaired) electrons. The van der Waals surface area contributed by atoms with Crippen LogP contribution in [0.2, 0.25) is 0 Å². The number of anilines is 1. The SMILES string of the molecule is COc1ccc(-n2c(-c3ccccc3)c3ccccc3c2-c2ccccc2)c(N)c1. The average molecular weight is 390 g/mol. The van der Waals surface area contributed by atoms with Crippen LogP contribution in [0.4, 0.5) is 5.69 Å². The molecule has 5 aromatic rings. The Morgan fingerprint density at radius 3 is 1.60 bits per heavy atom. The van der Waals surface area contributed by atoms with Crippen molar-refractivity contribution in [2.75, 3.05) is 12.8 Å². The molecule has 4 aromatic carbocycles. The quantitative estimate of drug-likeness (QED) is 0.353. The lowest BCUT2D eigenvalue weighted by atomic mass is 10.0. The van der Waals surface area contributed by atoms with Crippen LogP contribution < -0.4 is 10.5 Å². The third kappa shape index (κ3) is 2.92. The van der Waals surface area contributed by atoms with Crippen molar-refractivity contribution in [2.24, 2.45) is 0 Å². The number of rotatable bonds is 4. The highest BCUT2D eigenvalue weighted by Crippen LogP contribution is 2.42. The van der Waals surface area contributed by atoms with E-state index in [0.717, 1.165) is 34.0 Å². The van der Waals surface area contributed by atoms with Gasteiger partial charge in [-0.1, -0.05) is 84.9 Å². The maximum atomic E-state index is 6.54. The molecule has 0 aliphatic heterocycles. The number of nitrogens with zero attached hydrogens (tertiary/aromatic N) is 1. The lowest BCUT2D eigenvalue weighted by Crippen LogP contribution is -2.04. The molecule has 0 aliphatic rings. The average Bonchev–Trinajstić information content (AvgIpc) is 3.15. The Morgan fingerprint density at radius 2 is 1.13 bits per heavy atom. The predicted octanol–water partition coefficient (Wildman–Crippen LogP) is 6.56. The summed E-state index contributed by atoms with van der Waals surface area (Å²) in [4.78, 5) is 0. The highest BCUT2D eigenvalue weighted by atomic mass is 16.5. The van der Waals surface area contributed by atoms with E-state index in [1.807, 2.05) is 30.3 Å². The molecule has 146 valence electrons. The number of benzene rings is 4. The molecular weight excluding hydrogens is 368 g/mol. The zero-order valence-electron chi connectivity index (χ0n) is 16.7. The van der Waals surface area contributed by atoms with Gasteiger partial charge in [-0.05, 0) is 23.3 Å². The minimum Gasteiger partial charge on any atom is -0.497 e. The molecule has 0 saturated heterocycles. The van der Waals surface area contributed by atoms with Gasteiger partial charge >= 0.3 is 0 Å². The van der Waals surface area contributed by atoms with Gasteiger partial charge in [-0.2, -0.15) is 0 Å². The fourth-order valence-electron chi connectivity index (χ4n) is 4.11.